The quantitative estimate of drug-likeness (QED) is 0.609. The van der Waals surface area contributed by atoms with E-state index in [0.717, 1.165) is 11.7 Å². The lowest BCUT2D eigenvalue weighted by Crippen LogP contribution is -2.44. The molecule has 3 aromatic rings. The molecule has 0 aliphatic heterocycles. The van der Waals surface area contributed by atoms with E-state index >= 15 is 0 Å². The van der Waals surface area contributed by atoms with Crippen molar-refractivity contribution in [3.63, 3.8) is 0 Å². The maximum Gasteiger partial charge on any atom is 0.243 e. The number of amides is 1. The van der Waals surface area contributed by atoms with Crippen LogP contribution in [0.5, 0.6) is 0 Å². The van der Waals surface area contributed by atoms with Gasteiger partial charge in [-0.3, -0.25) is 4.79 Å². The number of aromatic nitrogens is 2. The maximum absolute atomic E-state index is 13.4. The molecule has 0 saturated heterocycles. The Morgan fingerprint density at radius 3 is 2.64 bits per heavy atom. The summed E-state index contributed by atoms with van der Waals surface area (Å²) in [5, 5.41) is 2.56. The van der Waals surface area contributed by atoms with Crippen molar-refractivity contribution in [3.8, 4) is 0 Å². The normalized spacial score (nSPS) is 13.0. The molecule has 1 heterocycles. The van der Waals surface area contributed by atoms with Crippen molar-refractivity contribution < 1.29 is 17.6 Å². The van der Waals surface area contributed by atoms with Gasteiger partial charge >= 0.3 is 0 Å². The summed E-state index contributed by atoms with van der Waals surface area (Å²) in [4.78, 5) is 12.7. The first kappa shape index (κ1) is 20.3. The largest absolute Gasteiger partial charge is 0.325 e. The Labute approximate surface area is 166 Å². The highest BCUT2D eigenvalue weighted by atomic mass is 32.2. The van der Waals surface area contributed by atoms with E-state index in [9.17, 15) is 17.6 Å². The van der Waals surface area contributed by atoms with Crippen LogP contribution in [0.25, 0.3) is 11.0 Å². The van der Waals surface area contributed by atoms with Gasteiger partial charge in [0.1, 0.15) is 27.8 Å². The molecule has 2 N–H and O–H groups in total. The third-order valence-electron chi connectivity index (χ3n) is 3.95. The number of nitrogens with one attached hydrogen (secondary N) is 2. The Morgan fingerprint density at radius 2 is 1.93 bits per heavy atom. The van der Waals surface area contributed by atoms with Gasteiger partial charge in [-0.1, -0.05) is 26.0 Å². The molecule has 148 valence electrons. The summed E-state index contributed by atoms with van der Waals surface area (Å²) in [6, 6.07) is 9.04. The van der Waals surface area contributed by atoms with Gasteiger partial charge in [0.05, 0.1) is 11.7 Å². The highest BCUT2D eigenvalue weighted by molar-refractivity contribution is 7.89. The number of carbonyl (C=O) groups is 1. The number of hydrogen-bond acceptors (Lipinski definition) is 6. The first-order chi connectivity index (χ1) is 13.3. The third kappa shape index (κ3) is 4.70. The summed E-state index contributed by atoms with van der Waals surface area (Å²) >= 11 is 0.915. The molecule has 0 bridgehead atoms. The van der Waals surface area contributed by atoms with Gasteiger partial charge in [-0.05, 0) is 42.7 Å². The fraction of sp³-hybridized carbons (Fsp3) is 0.278. The van der Waals surface area contributed by atoms with Crippen LogP contribution < -0.4 is 10.0 Å². The zero-order valence-corrected chi connectivity index (χ0v) is 16.8. The molecule has 2 aromatic carbocycles. The van der Waals surface area contributed by atoms with Crippen molar-refractivity contribution in [2.75, 3.05) is 5.32 Å². The summed E-state index contributed by atoms with van der Waals surface area (Å²) in [6.45, 7) is 3.75. The summed E-state index contributed by atoms with van der Waals surface area (Å²) in [5.74, 6) is -1.02. The van der Waals surface area contributed by atoms with Crippen molar-refractivity contribution in [1.29, 1.82) is 0 Å². The second-order valence-electron chi connectivity index (χ2n) is 6.69. The minimum Gasteiger partial charge on any atom is -0.325 e. The van der Waals surface area contributed by atoms with E-state index in [4.69, 9.17) is 0 Å². The zero-order chi connectivity index (χ0) is 20.3. The van der Waals surface area contributed by atoms with Gasteiger partial charge in [-0.25, -0.2) is 12.8 Å². The topological polar surface area (TPSA) is 101 Å². The molecule has 10 heteroatoms. The van der Waals surface area contributed by atoms with Gasteiger partial charge in [0, 0.05) is 5.69 Å². The third-order valence-corrected chi connectivity index (χ3v) is 6.00. The highest BCUT2D eigenvalue weighted by Gasteiger charge is 2.28. The van der Waals surface area contributed by atoms with Crippen LogP contribution in [0.4, 0.5) is 10.1 Å². The van der Waals surface area contributed by atoms with E-state index in [2.05, 4.69) is 18.8 Å². The first-order valence-electron chi connectivity index (χ1n) is 8.56. The molecule has 7 nitrogen and oxygen atoms in total. The summed E-state index contributed by atoms with van der Waals surface area (Å²) in [5.41, 5.74) is 0.982. The predicted octanol–water partition coefficient (Wildman–Crippen LogP) is 3.16. The van der Waals surface area contributed by atoms with Gasteiger partial charge < -0.3 is 5.32 Å². The summed E-state index contributed by atoms with van der Waals surface area (Å²) < 4.78 is 49.8. The van der Waals surface area contributed by atoms with Crippen molar-refractivity contribution in [1.82, 2.24) is 13.5 Å². The molecule has 0 spiro atoms. The van der Waals surface area contributed by atoms with Crippen molar-refractivity contribution in [2.45, 2.75) is 31.2 Å². The molecule has 1 aromatic heterocycles. The lowest BCUT2D eigenvalue weighted by molar-refractivity contribution is -0.118. The van der Waals surface area contributed by atoms with Crippen LogP contribution in [0.2, 0.25) is 0 Å². The molecule has 1 amide bonds. The molecular weight excluding hydrogens is 403 g/mol. The zero-order valence-electron chi connectivity index (χ0n) is 15.2. The Balaban J connectivity index is 1.87. The Hall–Kier alpha value is -2.43. The Morgan fingerprint density at radius 1 is 1.18 bits per heavy atom. The number of anilines is 1. The average molecular weight is 423 g/mol. The highest BCUT2D eigenvalue weighted by Crippen LogP contribution is 2.22. The van der Waals surface area contributed by atoms with Crippen LogP contribution in [0, 0.1) is 11.7 Å². The maximum atomic E-state index is 13.4. The molecule has 1 atom stereocenters. The predicted molar refractivity (Wildman–Crippen MR) is 106 cm³/mol. The molecule has 0 radical (unpaired) electrons. The Bertz CT molecular complexity index is 1100. The Kier molecular flexibility index (Phi) is 6.01. The van der Waals surface area contributed by atoms with Crippen LogP contribution in [-0.2, 0) is 14.8 Å². The van der Waals surface area contributed by atoms with Gasteiger partial charge in [0.25, 0.3) is 0 Å². The molecule has 3 rings (SSSR count). The minimum absolute atomic E-state index is 0.0361. The van der Waals surface area contributed by atoms with Crippen LogP contribution in [-0.4, -0.2) is 29.1 Å². The van der Waals surface area contributed by atoms with E-state index in [0.29, 0.717) is 5.52 Å². The van der Waals surface area contributed by atoms with Gasteiger partial charge in [0.15, 0.2) is 0 Å². The van der Waals surface area contributed by atoms with Crippen LogP contribution in [0.1, 0.15) is 20.3 Å². The first-order valence-corrected chi connectivity index (χ1v) is 10.8. The second-order valence-corrected chi connectivity index (χ2v) is 8.90. The number of benzene rings is 2. The van der Waals surface area contributed by atoms with E-state index in [1.165, 1.54) is 30.3 Å². The monoisotopic (exact) mass is 422 g/mol. The minimum atomic E-state index is -4.03. The molecule has 0 aliphatic carbocycles. The number of rotatable bonds is 7. The van der Waals surface area contributed by atoms with Crippen molar-refractivity contribution >= 4 is 44.4 Å². The van der Waals surface area contributed by atoms with Crippen molar-refractivity contribution in [3.05, 3.63) is 48.3 Å². The van der Waals surface area contributed by atoms with E-state index < -0.39 is 27.8 Å². The van der Waals surface area contributed by atoms with Crippen LogP contribution >= 0.6 is 11.7 Å². The van der Waals surface area contributed by atoms with Gasteiger partial charge in [-0.15, -0.1) is 0 Å². The second kappa shape index (κ2) is 8.29. The number of halogens is 1. The number of carbonyl (C=O) groups excluding carboxylic acids is 1. The lowest BCUT2D eigenvalue weighted by Gasteiger charge is -2.20. The number of sulfonamides is 1. The number of hydrogen-bond donors (Lipinski definition) is 2. The lowest BCUT2D eigenvalue weighted by atomic mass is 10.0. The molecular formula is C18H19FN4O3S2. The van der Waals surface area contributed by atoms with E-state index in [1.807, 2.05) is 13.8 Å². The fourth-order valence-corrected chi connectivity index (χ4v) is 4.70. The van der Waals surface area contributed by atoms with Crippen LogP contribution in [0.15, 0.2) is 47.4 Å². The van der Waals surface area contributed by atoms with E-state index in [-0.39, 0.29) is 28.4 Å². The van der Waals surface area contributed by atoms with Crippen LogP contribution in [0.3, 0.4) is 0 Å². The molecule has 0 unspecified atom stereocenters. The summed E-state index contributed by atoms with van der Waals surface area (Å²) in [7, 11) is -4.03. The molecule has 28 heavy (non-hydrogen) atoms. The van der Waals surface area contributed by atoms with Gasteiger partial charge in [0.2, 0.25) is 15.9 Å². The number of nitrogens with zero attached hydrogens (tertiary/aromatic N) is 2. The van der Waals surface area contributed by atoms with E-state index in [1.54, 1.807) is 12.1 Å². The average Bonchev–Trinajstić information content (AvgIpc) is 3.09. The van der Waals surface area contributed by atoms with Gasteiger partial charge in [-0.2, -0.15) is 13.5 Å². The number of fused-ring (bicyclic) bond motifs is 1. The molecule has 0 saturated carbocycles. The SMILES string of the molecule is CC(C)C[C@@H](NS(=O)(=O)c1cccc2nsnc12)C(=O)Nc1cccc(F)c1. The molecule has 0 fully saturated rings. The van der Waals surface area contributed by atoms with Crippen molar-refractivity contribution in [2.24, 2.45) is 5.92 Å². The standard InChI is InChI=1S/C18H19FN4O3S2/c1-11(2)9-15(18(24)20-13-6-3-5-12(19)10-13)23-28(25,26)16-8-4-7-14-17(16)22-27-21-14/h3-8,10-11,15,23H,9H2,1-2H3,(H,20,24)/t15-/m1/s1. The molecule has 0 aliphatic rings. The summed E-state index contributed by atoms with van der Waals surface area (Å²) in [6.07, 6.45) is 0.270. The fourth-order valence-electron chi connectivity index (χ4n) is 2.72. The smallest absolute Gasteiger partial charge is 0.243 e.